The fourth-order valence-corrected chi connectivity index (χ4v) is 3.74. The normalized spacial score (nSPS) is 13.3. The molecule has 2 aromatic heterocycles. The second-order valence-corrected chi connectivity index (χ2v) is 7.03. The fourth-order valence-electron chi connectivity index (χ4n) is 2.89. The first-order valence-electron chi connectivity index (χ1n) is 8.70. The number of ether oxygens (including phenoxy) is 3. The van der Waals surface area contributed by atoms with Gasteiger partial charge in [0.2, 0.25) is 5.82 Å². The molecule has 0 fully saturated rings. The van der Waals surface area contributed by atoms with Crippen molar-refractivity contribution in [2.24, 2.45) is 4.99 Å². The number of cyclic esters (lactones) is 1. The molecule has 3 aromatic rings. The smallest absolute Gasteiger partial charge is 0.434 e. The van der Waals surface area contributed by atoms with Gasteiger partial charge in [0.25, 0.3) is 0 Å². The molecule has 1 amide bonds. The number of aryl methyl sites for hydroxylation is 1. The van der Waals surface area contributed by atoms with E-state index in [-0.39, 0.29) is 6.61 Å². The molecule has 0 spiro atoms. The molecule has 9 nitrogen and oxygen atoms in total. The summed E-state index contributed by atoms with van der Waals surface area (Å²) in [4.78, 5) is 15.1. The maximum atomic E-state index is 11.2. The van der Waals surface area contributed by atoms with Gasteiger partial charge in [-0.1, -0.05) is 17.8 Å². The second kappa shape index (κ2) is 8.00. The average Bonchev–Trinajstić information content (AvgIpc) is 3.45. The Morgan fingerprint density at radius 2 is 1.90 bits per heavy atom. The predicted octanol–water partition coefficient (Wildman–Crippen LogP) is 3.54. The molecular formula is C19H18N4O5S. The molecule has 1 aliphatic rings. The largest absolute Gasteiger partial charge is 0.494 e. The van der Waals surface area contributed by atoms with Gasteiger partial charge in [0.05, 0.1) is 19.9 Å². The monoisotopic (exact) mass is 414 g/mol. The number of aromatic nitrogens is 3. The molecule has 0 bridgehead atoms. The zero-order valence-electron chi connectivity index (χ0n) is 16.0. The van der Waals surface area contributed by atoms with Crippen molar-refractivity contribution in [2.45, 2.75) is 12.1 Å². The van der Waals surface area contributed by atoms with Gasteiger partial charge >= 0.3 is 6.09 Å². The summed E-state index contributed by atoms with van der Waals surface area (Å²) in [7, 11) is 3.17. The van der Waals surface area contributed by atoms with E-state index in [0.717, 1.165) is 5.76 Å². The van der Waals surface area contributed by atoms with E-state index in [1.54, 1.807) is 14.2 Å². The molecule has 150 valence electrons. The molecule has 1 aromatic carbocycles. The van der Waals surface area contributed by atoms with E-state index < -0.39 is 6.09 Å². The van der Waals surface area contributed by atoms with Gasteiger partial charge in [0, 0.05) is 5.75 Å². The molecule has 0 saturated carbocycles. The zero-order valence-corrected chi connectivity index (χ0v) is 16.9. The summed E-state index contributed by atoms with van der Waals surface area (Å²) in [5, 5.41) is 9.24. The van der Waals surface area contributed by atoms with Gasteiger partial charge < -0.3 is 18.6 Å². The average molecular weight is 414 g/mol. The Morgan fingerprint density at radius 1 is 1.14 bits per heavy atom. The van der Waals surface area contributed by atoms with E-state index in [1.165, 1.54) is 11.8 Å². The second-order valence-electron chi connectivity index (χ2n) is 6.08. The summed E-state index contributed by atoms with van der Waals surface area (Å²) in [6, 6.07) is 9.19. The minimum absolute atomic E-state index is 0.183. The van der Waals surface area contributed by atoms with Crippen LogP contribution in [0.3, 0.4) is 0 Å². The van der Waals surface area contributed by atoms with E-state index in [1.807, 2.05) is 41.8 Å². The van der Waals surface area contributed by atoms with Crippen LogP contribution < -0.4 is 9.47 Å². The third kappa shape index (κ3) is 3.70. The number of thioether (sulfide) groups is 1. The summed E-state index contributed by atoms with van der Waals surface area (Å²) in [6.45, 7) is 2.04. The highest BCUT2D eigenvalue weighted by Crippen LogP contribution is 2.38. The number of hydrogen-bond donors (Lipinski definition) is 0. The zero-order chi connectivity index (χ0) is 20.4. The predicted molar refractivity (Wildman–Crippen MR) is 106 cm³/mol. The Bertz CT molecular complexity index is 1070. The number of benzene rings is 1. The number of furan rings is 1. The van der Waals surface area contributed by atoms with Crippen LogP contribution in [0.1, 0.15) is 5.76 Å². The Morgan fingerprint density at radius 3 is 2.48 bits per heavy atom. The summed E-state index contributed by atoms with van der Waals surface area (Å²) >= 11 is 1.38. The third-order valence-electron chi connectivity index (χ3n) is 4.20. The number of amides is 1. The number of hydrogen-bond acceptors (Lipinski definition) is 8. The SMILES string of the molecule is COc1cccc(OC)c1-n1c(SCC2=NC(=O)OC2)nnc1-c1ccc(C)o1. The number of carbonyl (C=O) groups is 1. The van der Waals surface area contributed by atoms with E-state index >= 15 is 0 Å². The Balaban J connectivity index is 1.83. The molecule has 0 aliphatic carbocycles. The molecule has 3 heterocycles. The number of carbonyl (C=O) groups excluding carboxylic acids is 1. The minimum Gasteiger partial charge on any atom is -0.494 e. The summed E-state index contributed by atoms with van der Waals surface area (Å²) in [5.41, 5.74) is 1.28. The van der Waals surface area contributed by atoms with Gasteiger partial charge in [-0.2, -0.15) is 4.99 Å². The van der Waals surface area contributed by atoms with Crippen molar-refractivity contribution >= 4 is 23.6 Å². The van der Waals surface area contributed by atoms with E-state index in [9.17, 15) is 4.79 Å². The molecule has 10 heteroatoms. The standard InChI is InChI=1S/C19H18N4O5S/c1-11-7-8-15(28-11)17-21-22-18(29-10-12-9-27-19(24)20-12)23(17)16-13(25-2)5-4-6-14(16)26-3/h4-8H,9-10H2,1-3H3. The van der Waals surface area contributed by atoms with E-state index in [4.69, 9.17) is 18.6 Å². The quantitative estimate of drug-likeness (QED) is 0.541. The molecule has 0 N–H and O–H groups in total. The first-order valence-corrected chi connectivity index (χ1v) is 9.69. The molecule has 0 unspecified atom stereocenters. The van der Waals surface area contributed by atoms with Crippen LogP contribution in [0, 0.1) is 6.92 Å². The third-order valence-corrected chi connectivity index (χ3v) is 5.20. The lowest BCUT2D eigenvalue weighted by atomic mass is 10.2. The van der Waals surface area contributed by atoms with Crippen molar-refractivity contribution in [1.29, 1.82) is 0 Å². The number of para-hydroxylation sites is 1. The maximum absolute atomic E-state index is 11.2. The minimum atomic E-state index is -0.569. The van der Waals surface area contributed by atoms with Crippen molar-refractivity contribution in [1.82, 2.24) is 14.8 Å². The van der Waals surface area contributed by atoms with Gasteiger partial charge in [-0.05, 0) is 31.2 Å². The highest BCUT2D eigenvalue weighted by molar-refractivity contribution is 7.99. The lowest BCUT2D eigenvalue weighted by Crippen LogP contribution is -2.07. The van der Waals surface area contributed by atoms with Crippen LogP contribution in [0.15, 0.2) is 44.9 Å². The van der Waals surface area contributed by atoms with Gasteiger partial charge in [-0.3, -0.25) is 4.57 Å². The first kappa shape index (κ1) is 19.1. The number of nitrogens with zero attached hydrogens (tertiary/aromatic N) is 4. The summed E-state index contributed by atoms with van der Waals surface area (Å²) in [6.07, 6.45) is -0.569. The number of rotatable bonds is 7. The highest BCUT2D eigenvalue weighted by Gasteiger charge is 2.25. The van der Waals surface area contributed by atoms with Crippen LogP contribution in [0.5, 0.6) is 11.5 Å². The number of methoxy groups -OCH3 is 2. The van der Waals surface area contributed by atoms with Crippen LogP contribution in [0.4, 0.5) is 4.79 Å². The van der Waals surface area contributed by atoms with Gasteiger partial charge in [-0.15, -0.1) is 10.2 Å². The number of aliphatic imine (C=N–C) groups is 1. The lowest BCUT2D eigenvalue weighted by molar-refractivity contribution is 0.181. The van der Waals surface area contributed by atoms with Crippen LogP contribution in [0.25, 0.3) is 17.3 Å². The van der Waals surface area contributed by atoms with Crippen LogP contribution in [-0.4, -0.2) is 53.1 Å². The van der Waals surface area contributed by atoms with Gasteiger partial charge in [-0.25, -0.2) is 4.79 Å². The van der Waals surface area contributed by atoms with Crippen molar-refractivity contribution in [3.05, 3.63) is 36.1 Å². The highest BCUT2D eigenvalue weighted by atomic mass is 32.2. The van der Waals surface area contributed by atoms with Gasteiger partial charge in [0.15, 0.2) is 10.9 Å². The molecular weight excluding hydrogens is 396 g/mol. The summed E-state index contributed by atoms with van der Waals surface area (Å²) < 4.78 is 23.6. The fraction of sp³-hybridized carbons (Fsp3) is 0.263. The lowest BCUT2D eigenvalue weighted by Gasteiger charge is -2.16. The van der Waals surface area contributed by atoms with Crippen molar-refractivity contribution < 1.29 is 23.4 Å². The maximum Gasteiger partial charge on any atom is 0.434 e. The van der Waals surface area contributed by atoms with Crippen molar-refractivity contribution in [3.8, 4) is 28.8 Å². The van der Waals surface area contributed by atoms with E-state index in [2.05, 4.69) is 15.2 Å². The molecule has 0 radical (unpaired) electrons. The molecule has 4 rings (SSSR count). The molecule has 29 heavy (non-hydrogen) atoms. The van der Waals surface area contributed by atoms with E-state index in [0.29, 0.717) is 45.4 Å². The Kier molecular flexibility index (Phi) is 5.26. The summed E-state index contributed by atoms with van der Waals surface area (Å²) in [5.74, 6) is 3.43. The van der Waals surface area contributed by atoms with Gasteiger partial charge in [0.1, 0.15) is 29.6 Å². The van der Waals surface area contributed by atoms with Crippen LogP contribution in [-0.2, 0) is 4.74 Å². The topological polar surface area (TPSA) is 101 Å². The Labute approximate surface area is 170 Å². The van der Waals surface area contributed by atoms with Crippen molar-refractivity contribution in [3.63, 3.8) is 0 Å². The molecule has 0 atom stereocenters. The van der Waals surface area contributed by atoms with Crippen LogP contribution >= 0.6 is 11.8 Å². The van der Waals surface area contributed by atoms with Crippen LogP contribution in [0.2, 0.25) is 0 Å². The van der Waals surface area contributed by atoms with Crippen molar-refractivity contribution in [2.75, 3.05) is 26.6 Å². The first-order chi connectivity index (χ1) is 14.1. The Hall–Kier alpha value is -3.27. The molecule has 0 saturated heterocycles. The molecule has 1 aliphatic heterocycles.